The Labute approximate surface area is 327 Å². The lowest BCUT2D eigenvalue weighted by atomic mass is 9.51. The van der Waals surface area contributed by atoms with Gasteiger partial charge in [0, 0.05) is 17.0 Å². The summed E-state index contributed by atoms with van der Waals surface area (Å²) in [7, 11) is 4.66. The number of anilines is 2. The Kier molecular flexibility index (Phi) is 9.23. The first-order valence-corrected chi connectivity index (χ1v) is 18.6. The fourth-order valence-electron chi connectivity index (χ4n) is 9.27. The number of carbonyl (C=O) groups excluding carboxylic acids is 4. The number of methoxy groups -OCH3 is 3. The van der Waals surface area contributed by atoms with E-state index in [-0.39, 0.29) is 35.2 Å². The Hall–Kier alpha value is -5.94. The summed E-state index contributed by atoms with van der Waals surface area (Å²) in [6, 6.07) is 20.9. The third-order valence-electron chi connectivity index (χ3n) is 12.0. The molecule has 2 aliphatic carbocycles. The number of fused-ring (bicyclic) bond motifs is 4. The molecule has 1 saturated carbocycles. The molecule has 56 heavy (non-hydrogen) atoms. The molecule has 4 aromatic carbocycles. The maximum atomic E-state index is 14.7. The molecule has 4 aliphatic rings. The van der Waals surface area contributed by atoms with Crippen molar-refractivity contribution in [1.29, 1.82) is 0 Å². The molecule has 0 spiro atoms. The van der Waals surface area contributed by atoms with Crippen LogP contribution in [-0.4, -0.2) is 50.1 Å². The number of benzene rings is 4. The predicted molar refractivity (Wildman–Crippen MR) is 208 cm³/mol. The molecule has 4 aromatic rings. The number of hydrogen-bond acceptors (Lipinski definition) is 8. The van der Waals surface area contributed by atoms with Crippen molar-refractivity contribution in [3.05, 3.63) is 118 Å². The number of halogens is 2. The van der Waals surface area contributed by atoms with Gasteiger partial charge in [-0.05, 0) is 98.0 Å². The Morgan fingerprint density at radius 2 is 1.48 bits per heavy atom. The van der Waals surface area contributed by atoms with Gasteiger partial charge in [0.15, 0.2) is 0 Å². The predicted octanol–water partition coefficient (Wildman–Crippen LogP) is 7.82. The van der Waals surface area contributed by atoms with Gasteiger partial charge in [0.2, 0.25) is 23.6 Å². The van der Waals surface area contributed by atoms with Crippen LogP contribution in [0.3, 0.4) is 0 Å². The van der Waals surface area contributed by atoms with Gasteiger partial charge in [-0.25, -0.2) is 9.29 Å². The van der Waals surface area contributed by atoms with E-state index in [9.17, 15) is 28.7 Å². The van der Waals surface area contributed by atoms with Crippen LogP contribution in [0.5, 0.6) is 23.0 Å². The smallest absolute Gasteiger partial charge is 0.241 e. The molecule has 10 nitrogen and oxygen atoms in total. The van der Waals surface area contributed by atoms with Gasteiger partial charge in [0.25, 0.3) is 0 Å². The molecule has 12 heteroatoms. The Balaban J connectivity index is 1.15. The van der Waals surface area contributed by atoms with Gasteiger partial charge < -0.3 is 19.3 Å². The van der Waals surface area contributed by atoms with E-state index in [0.29, 0.717) is 34.1 Å². The van der Waals surface area contributed by atoms with Crippen molar-refractivity contribution in [1.82, 2.24) is 0 Å². The number of amides is 4. The molecule has 286 valence electrons. The number of phenols is 1. The maximum absolute atomic E-state index is 14.7. The van der Waals surface area contributed by atoms with Crippen molar-refractivity contribution in [3.8, 4) is 23.0 Å². The highest BCUT2D eigenvalue weighted by Crippen LogP contribution is 2.64. The number of aromatic hydroxyl groups is 1. The highest BCUT2D eigenvalue weighted by Gasteiger charge is 2.68. The van der Waals surface area contributed by atoms with Crippen molar-refractivity contribution in [2.45, 2.75) is 25.7 Å². The fraction of sp³-hybridized carbons (Fsp3) is 0.273. The number of phenolic OH excluding ortho intramolecular Hbond substituents is 1. The molecule has 4 amide bonds. The molecule has 2 heterocycles. The van der Waals surface area contributed by atoms with Gasteiger partial charge in [0.1, 0.15) is 28.8 Å². The van der Waals surface area contributed by atoms with E-state index in [2.05, 4.69) is 0 Å². The summed E-state index contributed by atoms with van der Waals surface area (Å²) < 4.78 is 30.6. The average Bonchev–Trinajstić information content (AvgIpc) is 3.57. The third-order valence-corrected chi connectivity index (χ3v) is 12.3. The van der Waals surface area contributed by atoms with Crippen LogP contribution in [-0.2, 0) is 19.2 Å². The van der Waals surface area contributed by atoms with E-state index >= 15 is 0 Å². The molecular formula is C44H38ClFN2O8. The first kappa shape index (κ1) is 37.0. The highest BCUT2D eigenvalue weighted by atomic mass is 35.5. The van der Waals surface area contributed by atoms with E-state index in [1.54, 1.807) is 45.4 Å². The summed E-state index contributed by atoms with van der Waals surface area (Å²) >= 11 is 6.11. The van der Waals surface area contributed by atoms with Crippen molar-refractivity contribution >= 4 is 58.8 Å². The van der Waals surface area contributed by atoms with Crippen LogP contribution in [0, 0.1) is 34.9 Å². The Bertz CT molecular complexity index is 2380. The molecule has 2 saturated heterocycles. The number of ether oxygens (including phenoxy) is 3. The summed E-state index contributed by atoms with van der Waals surface area (Å²) in [6.07, 6.45) is 6.01. The maximum Gasteiger partial charge on any atom is 0.241 e. The lowest BCUT2D eigenvalue weighted by Gasteiger charge is -2.49. The van der Waals surface area contributed by atoms with E-state index < -0.39 is 58.5 Å². The average molecular weight is 777 g/mol. The first-order chi connectivity index (χ1) is 26.9. The molecule has 6 atom stereocenters. The topological polar surface area (TPSA) is 123 Å². The normalized spacial score (nSPS) is 25.6. The molecular weight excluding hydrogens is 739 g/mol. The summed E-state index contributed by atoms with van der Waals surface area (Å²) in [5.74, 6) is -4.80. The van der Waals surface area contributed by atoms with E-state index in [4.69, 9.17) is 25.8 Å². The van der Waals surface area contributed by atoms with Crippen LogP contribution in [0.1, 0.15) is 42.4 Å². The van der Waals surface area contributed by atoms with Crippen LogP contribution < -0.4 is 24.0 Å². The van der Waals surface area contributed by atoms with Crippen LogP contribution in [0.2, 0.25) is 5.02 Å². The molecule has 0 aromatic heterocycles. The van der Waals surface area contributed by atoms with Crippen LogP contribution in [0.15, 0.2) is 90.5 Å². The summed E-state index contributed by atoms with van der Waals surface area (Å²) in [5.41, 5.74) is 1.79. The summed E-state index contributed by atoms with van der Waals surface area (Å²) in [4.78, 5) is 60.1. The number of rotatable bonds is 8. The zero-order valence-corrected chi connectivity index (χ0v) is 31.7. The van der Waals surface area contributed by atoms with Gasteiger partial charge in [-0.15, -0.1) is 0 Å². The zero-order chi connectivity index (χ0) is 39.6. The number of imide groups is 2. The van der Waals surface area contributed by atoms with Gasteiger partial charge in [0.05, 0.1) is 60.9 Å². The lowest BCUT2D eigenvalue weighted by Crippen LogP contribution is -2.48. The molecule has 0 bridgehead atoms. The van der Waals surface area contributed by atoms with E-state index in [1.807, 2.05) is 48.6 Å². The molecule has 2 aliphatic heterocycles. The van der Waals surface area contributed by atoms with Crippen molar-refractivity contribution in [3.63, 3.8) is 0 Å². The first-order valence-electron chi connectivity index (χ1n) is 18.2. The minimum Gasteiger partial charge on any atom is -0.508 e. The lowest BCUT2D eigenvalue weighted by molar-refractivity contribution is -0.131. The minimum atomic E-state index is -1.43. The van der Waals surface area contributed by atoms with Gasteiger partial charge in [-0.3, -0.25) is 24.1 Å². The summed E-state index contributed by atoms with van der Waals surface area (Å²) in [6.45, 7) is 1.70. The van der Waals surface area contributed by atoms with Crippen molar-refractivity contribution in [2.24, 2.45) is 29.1 Å². The Morgan fingerprint density at radius 3 is 2.18 bits per heavy atom. The second-order valence-electron chi connectivity index (χ2n) is 14.7. The van der Waals surface area contributed by atoms with Crippen molar-refractivity contribution in [2.75, 3.05) is 31.1 Å². The number of carbonyl (C=O) groups is 4. The molecule has 6 unspecified atom stereocenters. The van der Waals surface area contributed by atoms with Gasteiger partial charge in [-0.2, -0.15) is 0 Å². The Morgan fingerprint density at radius 1 is 0.786 bits per heavy atom. The van der Waals surface area contributed by atoms with Gasteiger partial charge in [-0.1, -0.05) is 47.5 Å². The SMILES string of the molecule is COc1ccc(OC)c(C=Cc2ccc(N3C(=O)C4CC=C5C(CC6C(=O)N(c7ccc(F)c(Cl)c7)C(=O)C6(C)C5c5cc(OC)ccc5O)C4C3=O)cc2)c1. The highest BCUT2D eigenvalue weighted by molar-refractivity contribution is 6.32. The number of hydrogen-bond donors (Lipinski definition) is 1. The molecule has 1 N–H and O–H groups in total. The number of allylic oxidation sites excluding steroid dienone is 2. The second-order valence-corrected chi connectivity index (χ2v) is 15.1. The minimum absolute atomic E-state index is 0.102. The van der Waals surface area contributed by atoms with E-state index in [0.717, 1.165) is 22.1 Å². The third kappa shape index (κ3) is 5.67. The fourth-order valence-corrected chi connectivity index (χ4v) is 9.44. The van der Waals surface area contributed by atoms with Gasteiger partial charge >= 0.3 is 0 Å². The molecule has 0 radical (unpaired) electrons. The summed E-state index contributed by atoms with van der Waals surface area (Å²) in [5, 5.41) is 11.1. The number of nitrogens with zero attached hydrogens (tertiary/aromatic N) is 2. The molecule has 8 rings (SSSR count). The van der Waals surface area contributed by atoms with Crippen LogP contribution in [0.4, 0.5) is 15.8 Å². The van der Waals surface area contributed by atoms with Crippen molar-refractivity contribution < 1.29 is 42.9 Å². The van der Waals surface area contributed by atoms with Crippen LogP contribution >= 0.6 is 11.6 Å². The monoisotopic (exact) mass is 776 g/mol. The van der Waals surface area contributed by atoms with E-state index in [1.165, 1.54) is 30.2 Å². The second kappa shape index (κ2) is 14.0. The zero-order valence-electron chi connectivity index (χ0n) is 31.0. The van der Waals surface area contributed by atoms with Crippen LogP contribution in [0.25, 0.3) is 12.2 Å². The molecule has 3 fully saturated rings. The largest absolute Gasteiger partial charge is 0.508 e. The standard InChI is InChI=1S/C44H38ClFN2O8/c1-44-33(41(51)48(43(44)53)26-11-16-35(46)34(45)20-26)22-31-29(39(44)32-21-28(55-3)12-17-36(32)49)14-15-30-38(31)42(52)47(40(30)50)25-9-6-23(7-10-25)5-8-24-19-27(54-2)13-18-37(24)56-4/h5-14,16-21,30-31,33,38-39,49H,15,22H2,1-4H3. The quantitative estimate of drug-likeness (QED) is 0.109.